The number of benzene rings is 1. The molecule has 0 saturated carbocycles. The van der Waals surface area contributed by atoms with Gasteiger partial charge in [0.05, 0.1) is 16.5 Å². The van der Waals surface area contributed by atoms with Crippen LogP contribution in [-0.4, -0.2) is 9.96 Å². The van der Waals surface area contributed by atoms with Crippen molar-refractivity contribution in [2.45, 2.75) is 56.8 Å². The van der Waals surface area contributed by atoms with E-state index in [0.717, 1.165) is 12.8 Å². The largest absolute Gasteiger partial charge is 0.396 e. The van der Waals surface area contributed by atoms with E-state index in [0.29, 0.717) is 10.6 Å². The van der Waals surface area contributed by atoms with Crippen molar-refractivity contribution >= 4 is 16.5 Å². The smallest absolute Gasteiger partial charge is 0.147 e. The van der Waals surface area contributed by atoms with Crippen LogP contribution >= 0.6 is 0 Å². The van der Waals surface area contributed by atoms with Crippen molar-refractivity contribution in [2.24, 2.45) is 0 Å². The van der Waals surface area contributed by atoms with Gasteiger partial charge in [0, 0.05) is 10.6 Å². The lowest BCUT2D eigenvalue weighted by molar-refractivity contribution is 0.600. The molecule has 0 heterocycles. The number of anilines is 1. The van der Waals surface area contributed by atoms with Gasteiger partial charge in [-0.15, -0.1) is 0 Å². The normalized spacial score (nSPS) is 12.5. The lowest BCUT2D eigenvalue weighted by Crippen LogP contribution is -2.00. The summed E-state index contributed by atoms with van der Waals surface area (Å²) >= 11 is 0. The minimum Gasteiger partial charge on any atom is -0.396 e. The first-order valence-corrected chi connectivity index (χ1v) is 8.40. The molecule has 1 aromatic rings. The minimum absolute atomic E-state index is 0.108. The van der Waals surface area contributed by atoms with Gasteiger partial charge in [0.15, 0.2) is 0 Å². The Hall–Kier alpha value is -0.900. The Kier molecular flexibility index (Phi) is 7.72. The summed E-state index contributed by atoms with van der Waals surface area (Å²) < 4.78 is 25.2. The lowest BCUT2D eigenvalue weighted by Gasteiger charge is -2.04. The van der Waals surface area contributed by atoms with Crippen molar-refractivity contribution in [2.75, 3.05) is 11.5 Å². The number of hydrogen-bond donors (Lipinski definition) is 1. The average molecular weight is 285 g/mol. The molecular weight excluding hydrogens is 261 g/mol. The second-order valence-corrected chi connectivity index (χ2v) is 6.42. The van der Waals surface area contributed by atoms with E-state index >= 15 is 0 Å². The van der Waals surface area contributed by atoms with E-state index < -0.39 is 16.6 Å². The van der Waals surface area contributed by atoms with Gasteiger partial charge in [0.2, 0.25) is 0 Å². The van der Waals surface area contributed by atoms with Crippen molar-refractivity contribution in [3.8, 4) is 0 Å². The van der Waals surface area contributed by atoms with Crippen molar-refractivity contribution in [1.82, 2.24) is 0 Å². The molecule has 0 bridgehead atoms. The summed E-state index contributed by atoms with van der Waals surface area (Å²) in [5, 5.41) is 0. The monoisotopic (exact) mass is 285 g/mol. The molecule has 0 fully saturated rings. The molecule has 1 rings (SSSR count). The molecule has 0 amide bonds. The molecule has 0 aliphatic rings. The van der Waals surface area contributed by atoms with Gasteiger partial charge in [-0.3, -0.25) is 4.21 Å². The van der Waals surface area contributed by atoms with E-state index in [4.69, 9.17) is 5.73 Å². The Morgan fingerprint density at radius 1 is 1.11 bits per heavy atom. The number of hydrogen-bond acceptors (Lipinski definition) is 2. The average Bonchev–Trinajstić information content (AvgIpc) is 2.40. The third-order valence-electron chi connectivity index (χ3n) is 3.17. The van der Waals surface area contributed by atoms with Crippen molar-refractivity contribution < 1.29 is 8.60 Å². The van der Waals surface area contributed by atoms with Crippen LogP contribution < -0.4 is 5.73 Å². The molecule has 0 aromatic heterocycles. The zero-order valence-corrected chi connectivity index (χ0v) is 12.5. The van der Waals surface area contributed by atoms with Gasteiger partial charge in [0.25, 0.3) is 0 Å². The van der Waals surface area contributed by atoms with E-state index in [1.807, 2.05) is 0 Å². The van der Waals surface area contributed by atoms with Crippen LogP contribution in [0.4, 0.5) is 10.1 Å². The summed E-state index contributed by atoms with van der Waals surface area (Å²) in [7, 11) is -1.11. The Labute approximate surface area is 118 Å². The topological polar surface area (TPSA) is 43.1 Å². The zero-order valence-electron chi connectivity index (χ0n) is 11.7. The van der Waals surface area contributed by atoms with Crippen LogP contribution in [0.2, 0.25) is 0 Å². The summed E-state index contributed by atoms with van der Waals surface area (Å²) in [4.78, 5) is 0.540. The Morgan fingerprint density at radius 3 is 2.37 bits per heavy atom. The third-order valence-corrected chi connectivity index (χ3v) is 4.61. The molecule has 0 saturated heterocycles. The van der Waals surface area contributed by atoms with Gasteiger partial charge in [-0.1, -0.05) is 45.4 Å². The highest BCUT2D eigenvalue weighted by atomic mass is 32.2. The minimum atomic E-state index is -1.11. The quantitative estimate of drug-likeness (QED) is 0.544. The fourth-order valence-electron chi connectivity index (χ4n) is 1.96. The van der Waals surface area contributed by atoms with Crippen LogP contribution in [0.5, 0.6) is 0 Å². The molecule has 2 nitrogen and oxygen atoms in total. The standard InChI is InChI=1S/C15H24FNOS/c1-2-3-4-5-6-7-8-11-19(18)13-9-10-15(17)14(16)12-13/h9-10,12H,2-8,11,17H2,1H3. The van der Waals surface area contributed by atoms with E-state index in [-0.39, 0.29) is 5.69 Å². The summed E-state index contributed by atoms with van der Waals surface area (Å²) in [5.74, 6) is 0.127. The van der Waals surface area contributed by atoms with Gasteiger partial charge in [-0.2, -0.15) is 0 Å². The molecule has 2 N–H and O–H groups in total. The second-order valence-electron chi connectivity index (χ2n) is 4.85. The van der Waals surface area contributed by atoms with E-state index in [2.05, 4.69) is 6.92 Å². The summed E-state index contributed by atoms with van der Waals surface area (Å²) in [6.07, 6.45) is 8.36. The van der Waals surface area contributed by atoms with Gasteiger partial charge < -0.3 is 5.73 Å². The molecule has 19 heavy (non-hydrogen) atoms. The number of rotatable bonds is 9. The zero-order chi connectivity index (χ0) is 14.1. The van der Waals surface area contributed by atoms with Gasteiger partial charge in [0.1, 0.15) is 5.82 Å². The maximum atomic E-state index is 13.2. The molecule has 0 radical (unpaired) electrons. The van der Waals surface area contributed by atoms with Crippen molar-refractivity contribution in [1.29, 1.82) is 0 Å². The third kappa shape index (κ3) is 6.19. The first-order valence-electron chi connectivity index (χ1n) is 7.08. The van der Waals surface area contributed by atoms with Crippen LogP contribution in [0.1, 0.15) is 51.9 Å². The van der Waals surface area contributed by atoms with E-state index in [1.165, 1.54) is 44.2 Å². The highest BCUT2D eigenvalue weighted by Crippen LogP contribution is 2.16. The summed E-state index contributed by atoms with van der Waals surface area (Å²) in [6, 6.07) is 4.41. The van der Waals surface area contributed by atoms with Gasteiger partial charge in [-0.05, 0) is 24.6 Å². The van der Waals surface area contributed by atoms with E-state index in [9.17, 15) is 8.60 Å². The summed E-state index contributed by atoms with van der Waals surface area (Å²) in [5.41, 5.74) is 5.50. The Bertz CT molecular complexity index is 409. The maximum absolute atomic E-state index is 13.2. The number of unbranched alkanes of at least 4 members (excludes halogenated alkanes) is 6. The first kappa shape index (κ1) is 16.2. The second kappa shape index (κ2) is 9.08. The predicted octanol–water partition coefficient (Wildman–Crippen LogP) is 4.27. The lowest BCUT2D eigenvalue weighted by atomic mass is 10.1. The highest BCUT2D eigenvalue weighted by Gasteiger charge is 2.06. The van der Waals surface area contributed by atoms with Crippen LogP contribution in [0.25, 0.3) is 0 Å². The number of nitrogens with two attached hydrogens (primary N) is 1. The van der Waals surface area contributed by atoms with Crippen LogP contribution in [0.15, 0.2) is 23.1 Å². The molecule has 1 unspecified atom stereocenters. The Morgan fingerprint density at radius 2 is 1.74 bits per heavy atom. The summed E-state index contributed by atoms with van der Waals surface area (Å²) in [6.45, 7) is 2.20. The first-order chi connectivity index (χ1) is 9.15. The van der Waals surface area contributed by atoms with Crippen molar-refractivity contribution in [3.05, 3.63) is 24.0 Å². The SMILES string of the molecule is CCCCCCCCCS(=O)c1ccc(N)c(F)c1. The highest BCUT2D eigenvalue weighted by molar-refractivity contribution is 7.85. The van der Waals surface area contributed by atoms with Crippen LogP contribution in [0.3, 0.4) is 0 Å². The molecular formula is C15H24FNOS. The number of halogens is 1. The molecule has 108 valence electrons. The molecule has 0 spiro atoms. The number of nitrogen functional groups attached to an aromatic ring is 1. The fraction of sp³-hybridized carbons (Fsp3) is 0.600. The predicted molar refractivity (Wildman–Crippen MR) is 80.1 cm³/mol. The van der Waals surface area contributed by atoms with Gasteiger partial charge >= 0.3 is 0 Å². The van der Waals surface area contributed by atoms with Crippen LogP contribution in [-0.2, 0) is 10.8 Å². The van der Waals surface area contributed by atoms with E-state index in [1.54, 1.807) is 6.07 Å². The molecule has 1 aromatic carbocycles. The molecule has 4 heteroatoms. The maximum Gasteiger partial charge on any atom is 0.147 e. The van der Waals surface area contributed by atoms with Gasteiger partial charge in [-0.25, -0.2) is 4.39 Å². The van der Waals surface area contributed by atoms with Crippen LogP contribution in [0, 0.1) is 5.82 Å². The molecule has 0 aliphatic heterocycles. The fourth-order valence-corrected chi connectivity index (χ4v) is 3.11. The molecule has 1 atom stereocenters. The Balaban J connectivity index is 2.22. The van der Waals surface area contributed by atoms with Crippen molar-refractivity contribution in [3.63, 3.8) is 0 Å². The molecule has 0 aliphatic carbocycles.